The van der Waals surface area contributed by atoms with Gasteiger partial charge in [0.25, 0.3) is 5.91 Å². The Morgan fingerprint density at radius 1 is 1.65 bits per heavy atom. The third kappa shape index (κ3) is 5.37. The number of thioether (sulfide) groups is 1. The summed E-state index contributed by atoms with van der Waals surface area (Å²) >= 11 is 3.12. The first-order valence-electron chi connectivity index (χ1n) is 5.75. The lowest BCUT2D eigenvalue weighted by Gasteiger charge is -2.01. The fourth-order valence-electron chi connectivity index (χ4n) is 1.26. The summed E-state index contributed by atoms with van der Waals surface area (Å²) in [5.41, 5.74) is 0. The zero-order valence-corrected chi connectivity index (χ0v) is 11.7. The summed E-state index contributed by atoms with van der Waals surface area (Å²) in [4.78, 5) is 16.6. The van der Waals surface area contributed by atoms with E-state index >= 15 is 0 Å². The molecule has 0 aliphatic heterocycles. The van der Waals surface area contributed by atoms with Gasteiger partial charge in [-0.25, -0.2) is 4.98 Å². The van der Waals surface area contributed by atoms with Gasteiger partial charge in [-0.3, -0.25) is 4.79 Å². The van der Waals surface area contributed by atoms with E-state index in [2.05, 4.69) is 23.8 Å². The highest BCUT2D eigenvalue weighted by atomic mass is 32.2. The first kappa shape index (κ1) is 14.3. The predicted molar refractivity (Wildman–Crippen MR) is 74.9 cm³/mol. The van der Waals surface area contributed by atoms with Crippen LogP contribution in [0.3, 0.4) is 0 Å². The molecule has 0 aromatic carbocycles. The molecule has 1 amide bonds. The Bertz CT molecular complexity index is 363. The number of hydrogen-bond donors (Lipinski definition) is 1. The first-order chi connectivity index (χ1) is 8.27. The number of rotatable bonds is 8. The van der Waals surface area contributed by atoms with Crippen molar-refractivity contribution in [2.75, 3.05) is 12.3 Å². The molecule has 0 unspecified atom stereocenters. The van der Waals surface area contributed by atoms with E-state index < -0.39 is 0 Å². The molecule has 1 aromatic rings. The van der Waals surface area contributed by atoms with Crippen molar-refractivity contribution < 1.29 is 4.79 Å². The highest BCUT2D eigenvalue weighted by molar-refractivity contribution is 8.01. The van der Waals surface area contributed by atoms with Crippen molar-refractivity contribution in [3.63, 3.8) is 0 Å². The van der Waals surface area contributed by atoms with Gasteiger partial charge in [-0.2, -0.15) is 0 Å². The lowest BCUT2D eigenvalue weighted by molar-refractivity contribution is 0.0957. The van der Waals surface area contributed by atoms with Crippen LogP contribution < -0.4 is 5.32 Å². The van der Waals surface area contributed by atoms with E-state index in [9.17, 15) is 4.79 Å². The molecule has 0 radical (unpaired) electrons. The molecule has 1 heterocycles. The van der Waals surface area contributed by atoms with Gasteiger partial charge < -0.3 is 5.32 Å². The Morgan fingerprint density at radius 3 is 3.18 bits per heavy atom. The van der Waals surface area contributed by atoms with Crippen molar-refractivity contribution in [2.45, 2.75) is 30.5 Å². The summed E-state index contributed by atoms with van der Waals surface area (Å²) in [6, 6.07) is 0. The zero-order chi connectivity index (χ0) is 12.5. The van der Waals surface area contributed by atoms with E-state index in [0.717, 1.165) is 35.9 Å². The number of carbonyl (C=O) groups excluding carboxylic acids is 1. The molecular weight excluding hydrogens is 252 g/mol. The highest BCUT2D eigenvalue weighted by Crippen LogP contribution is 2.23. The lowest BCUT2D eigenvalue weighted by Crippen LogP contribution is -2.23. The molecule has 94 valence electrons. The van der Waals surface area contributed by atoms with Crippen LogP contribution in [0.15, 0.2) is 23.2 Å². The third-order valence-corrected chi connectivity index (χ3v) is 4.13. The molecular formula is C12H18N2OS2. The summed E-state index contributed by atoms with van der Waals surface area (Å²) in [6.45, 7) is 6.46. The molecule has 3 nitrogen and oxygen atoms in total. The van der Waals surface area contributed by atoms with Crippen molar-refractivity contribution in [3.8, 4) is 0 Å². The molecule has 1 N–H and O–H groups in total. The molecule has 5 heteroatoms. The number of nitrogens with zero attached hydrogens (tertiary/aromatic N) is 1. The maximum absolute atomic E-state index is 11.7. The summed E-state index contributed by atoms with van der Waals surface area (Å²) in [5.74, 6) is 0.972. The van der Waals surface area contributed by atoms with Crippen molar-refractivity contribution in [1.29, 1.82) is 0 Å². The lowest BCUT2D eigenvalue weighted by atomic mass is 10.2. The minimum Gasteiger partial charge on any atom is -0.351 e. The Kier molecular flexibility index (Phi) is 6.96. The fourth-order valence-corrected chi connectivity index (χ4v) is 3.05. The number of thiazole rings is 1. The van der Waals surface area contributed by atoms with Crippen LogP contribution in [0.25, 0.3) is 0 Å². The van der Waals surface area contributed by atoms with Gasteiger partial charge in [0.1, 0.15) is 4.88 Å². The van der Waals surface area contributed by atoms with Crippen LogP contribution in [0, 0.1) is 0 Å². The number of carbonyl (C=O) groups is 1. The number of nitrogens with one attached hydrogen (secondary N) is 1. The molecule has 0 saturated heterocycles. The van der Waals surface area contributed by atoms with Crippen LogP contribution in [0.4, 0.5) is 0 Å². The van der Waals surface area contributed by atoms with E-state index in [4.69, 9.17) is 0 Å². The molecule has 1 rings (SSSR count). The second kappa shape index (κ2) is 8.31. The Balaban J connectivity index is 2.28. The number of unbranched alkanes of at least 4 members (excludes halogenated alkanes) is 2. The quantitative estimate of drug-likeness (QED) is 0.447. The van der Waals surface area contributed by atoms with Crippen LogP contribution in [0.5, 0.6) is 0 Å². The van der Waals surface area contributed by atoms with Gasteiger partial charge in [0, 0.05) is 6.54 Å². The minimum atomic E-state index is -0.0101. The van der Waals surface area contributed by atoms with Crippen molar-refractivity contribution in [3.05, 3.63) is 23.7 Å². The number of aromatic nitrogens is 1. The summed E-state index contributed by atoms with van der Waals surface area (Å²) in [5, 5.41) is 2.90. The predicted octanol–water partition coefficient (Wildman–Crippen LogP) is 3.34. The number of hydrogen-bond acceptors (Lipinski definition) is 4. The topological polar surface area (TPSA) is 42.0 Å². The second-order valence-electron chi connectivity index (χ2n) is 3.46. The Labute approximate surface area is 111 Å². The van der Waals surface area contributed by atoms with Gasteiger partial charge in [-0.05, 0) is 25.0 Å². The van der Waals surface area contributed by atoms with Crippen molar-refractivity contribution in [1.82, 2.24) is 10.3 Å². The SMILES string of the molecule is C=CCCCCNC(=O)c1cnc(SCC)s1. The maximum Gasteiger partial charge on any atom is 0.263 e. The third-order valence-electron chi connectivity index (χ3n) is 2.10. The standard InChI is InChI=1S/C12H18N2OS2/c1-3-5-6-7-8-13-11(15)10-9-14-12(17-10)16-4-2/h3,9H,1,4-8H2,2H3,(H,13,15). The maximum atomic E-state index is 11.7. The Hall–Kier alpha value is -0.810. The van der Waals surface area contributed by atoms with Crippen LogP contribution in [-0.4, -0.2) is 23.2 Å². The van der Waals surface area contributed by atoms with E-state index in [1.54, 1.807) is 18.0 Å². The highest BCUT2D eigenvalue weighted by Gasteiger charge is 2.09. The molecule has 1 aromatic heterocycles. The van der Waals surface area contributed by atoms with Gasteiger partial charge in [0.2, 0.25) is 0 Å². The summed E-state index contributed by atoms with van der Waals surface area (Å²) < 4.78 is 0.962. The van der Waals surface area contributed by atoms with Crippen molar-refractivity contribution >= 4 is 29.0 Å². The molecule has 0 atom stereocenters. The van der Waals surface area contributed by atoms with Gasteiger partial charge >= 0.3 is 0 Å². The van der Waals surface area contributed by atoms with E-state index in [0.29, 0.717) is 4.88 Å². The van der Waals surface area contributed by atoms with Gasteiger partial charge in [-0.15, -0.1) is 17.9 Å². The average molecular weight is 270 g/mol. The number of amides is 1. The van der Waals surface area contributed by atoms with Crippen LogP contribution in [0.2, 0.25) is 0 Å². The van der Waals surface area contributed by atoms with E-state index in [1.165, 1.54) is 11.3 Å². The molecule has 0 saturated carbocycles. The summed E-state index contributed by atoms with van der Waals surface area (Å²) in [7, 11) is 0. The normalized spacial score (nSPS) is 10.2. The van der Waals surface area contributed by atoms with Crippen LogP contribution in [-0.2, 0) is 0 Å². The molecule has 17 heavy (non-hydrogen) atoms. The Morgan fingerprint density at radius 2 is 2.47 bits per heavy atom. The second-order valence-corrected chi connectivity index (χ2v) is 6.01. The van der Waals surface area contributed by atoms with Crippen LogP contribution >= 0.6 is 23.1 Å². The number of allylic oxidation sites excluding steroid dienone is 1. The molecule has 0 aliphatic rings. The van der Waals surface area contributed by atoms with Crippen molar-refractivity contribution in [2.24, 2.45) is 0 Å². The van der Waals surface area contributed by atoms with Gasteiger partial charge in [0.05, 0.1) is 6.20 Å². The van der Waals surface area contributed by atoms with E-state index in [-0.39, 0.29) is 5.91 Å². The monoisotopic (exact) mass is 270 g/mol. The smallest absolute Gasteiger partial charge is 0.263 e. The van der Waals surface area contributed by atoms with Crippen LogP contribution in [0.1, 0.15) is 35.9 Å². The zero-order valence-electron chi connectivity index (χ0n) is 10.1. The molecule has 0 fully saturated rings. The fraction of sp³-hybridized carbons (Fsp3) is 0.500. The molecule has 0 aliphatic carbocycles. The summed E-state index contributed by atoms with van der Waals surface area (Å²) in [6.07, 6.45) is 6.63. The molecule has 0 bridgehead atoms. The minimum absolute atomic E-state index is 0.0101. The largest absolute Gasteiger partial charge is 0.351 e. The first-order valence-corrected chi connectivity index (χ1v) is 7.55. The van der Waals surface area contributed by atoms with Gasteiger partial charge in [0.15, 0.2) is 4.34 Å². The van der Waals surface area contributed by atoms with E-state index in [1.807, 2.05) is 6.08 Å². The molecule has 0 spiro atoms. The van der Waals surface area contributed by atoms with Gasteiger partial charge in [-0.1, -0.05) is 24.8 Å². The average Bonchev–Trinajstić information content (AvgIpc) is 2.78.